The minimum absolute atomic E-state index is 0.344. The topological polar surface area (TPSA) is 37.4 Å². The van der Waals surface area contributed by atoms with Crippen molar-refractivity contribution >= 4 is 15.7 Å². The highest BCUT2D eigenvalue weighted by Crippen LogP contribution is 2.25. The van der Waals surface area contributed by atoms with Crippen molar-refractivity contribution in [3.63, 3.8) is 0 Å². The zero-order valence-electron chi connectivity index (χ0n) is 14.6. The van der Waals surface area contributed by atoms with E-state index >= 15 is 0 Å². The van der Waals surface area contributed by atoms with Gasteiger partial charge in [-0.15, -0.1) is 0 Å². The Bertz CT molecular complexity index is 709. The van der Waals surface area contributed by atoms with Gasteiger partial charge < -0.3 is 0 Å². The fraction of sp³-hybridized carbons (Fsp3) is 0.400. The molecule has 0 N–H and O–H groups in total. The van der Waals surface area contributed by atoms with E-state index in [1.54, 1.807) is 24.3 Å². The minimum atomic E-state index is -3.52. The molecular weight excluding hydrogens is 318 g/mol. The number of hydrogen-bond donors (Lipinski definition) is 0. The van der Waals surface area contributed by atoms with Crippen LogP contribution in [0.4, 0.5) is 5.69 Å². The van der Waals surface area contributed by atoms with E-state index in [0.717, 1.165) is 37.8 Å². The normalized spacial score (nSPS) is 11.4. The van der Waals surface area contributed by atoms with Crippen LogP contribution in [0, 0.1) is 0 Å². The van der Waals surface area contributed by atoms with Gasteiger partial charge in [-0.3, -0.25) is 4.31 Å². The lowest BCUT2D eigenvalue weighted by Gasteiger charge is -2.24. The fourth-order valence-corrected chi connectivity index (χ4v) is 4.14. The van der Waals surface area contributed by atoms with Crippen LogP contribution in [0.25, 0.3) is 0 Å². The molecule has 0 atom stereocenters. The standard InChI is InChI=1S/C20H27NO2S/c1-3-5-10-18-13-15-19(16-14-18)21(17-6-4-2)24(22,23)20-11-8-7-9-12-20/h7-9,11-16H,3-6,10,17H2,1-2H3. The molecule has 0 amide bonds. The van der Waals surface area contributed by atoms with Crippen LogP contribution >= 0.6 is 0 Å². The maximum atomic E-state index is 13.0. The maximum absolute atomic E-state index is 13.0. The first-order valence-electron chi connectivity index (χ1n) is 8.76. The van der Waals surface area contributed by atoms with Crippen LogP contribution in [0.2, 0.25) is 0 Å². The van der Waals surface area contributed by atoms with E-state index in [1.165, 1.54) is 9.87 Å². The maximum Gasteiger partial charge on any atom is 0.264 e. The quantitative estimate of drug-likeness (QED) is 0.639. The molecule has 0 unspecified atom stereocenters. The molecule has 0 aliphatic carbocycles. The van der Waals surface area contributed by atoms with Crippen LogP contribution in [-0.2, 0) is 16.4 Å². The molecule has 0 fully saturated rings. The Morgan fingerprint density at radius 3 is 2.04 bits per heavy atom. The lowest BCUT2D eigenvalue weighted by molar-refractivity contribution is 0.588. The zero-order chi connectivity index (χ0) is 17.4. The molecule has 0 radical (unpaired) electrons. The Morgan fingerprint density at radius 2 is 1.46 bits per heavy atom. The van der Waals surface area contributed by atoms with Crippen LogP contribution in [0.3, 0.4) is 0 Å². The Morgan fingerprint density at radius 1 is 0.833 bits per heavy atom. The van der Waals surface area contributed by atoms with Gasteiger partial charge in [0, 0.05) is 6.54 Å². The highest BCUT2D eigenvalue weighted by molar-refractivity contribution is 7.92. The minimum Gasteiger partial charge on any atom is -0.266 e. The molecule has 0 aliphatic rings. The van der Waals surface area contributed by atoms with Gasteiger partial charge in [0.15, 0.2) is 0 Å². The number of benzene rings is 2. The summed E-state index contributed by atoms with van der Waals surface area (Å²) in [6, 6.07) is 16.6. The number of hydrogen-bond acceptors (Lipinski definition) is 2. The number of anilines is 1. The highest BCUT2D eigenvalue weighted by Gasteiger charge is 2.24. The molecule has 4 heteroatoms. The molecule has 0 saturated carbocycles. The second-order valence-corrected chi connectivity index (χ2v) is 7.88. The molecule has 0 bridgehead atoms. The van der Waals surface area contributed by atoms with E-state index in [9.17, 15) is 8.42 Å². The Kier molecular flexibility index (Phi) is 6.85. The van der Waals surface area contributed by atoms with Crippen molar-refractivity contribution < 1.29 is 8.42 Å². The van der Waals surface area contributed by atoms with Crippen LogP contribution in [0.5, 0.6) is 0 Å². The zero-order valence-corrected chi connectivity index (χ0v) is 15.4. The molecule has 0 spiro atoms. The number of sulfonamides is 1. The van der Waals surface area contributed by atoms with Gasteiger partial charge in [0.2, 0.25) is 0 Å². The summed E-state index contributed by atoms with van der Waals surface area (Å²) >= 11 is 0. The number of rotatable bonds is 9. The molecule has 0 heterocycles. The molecule has 2 aromatic rings. The van der Waals surface area contributed by atoms with Gasteiger partial charge in [-0.1, -0.05) is 57.0 Å². The Labute approximate surface area is 146 Å². The SMILES string of the molecule is CCCCc1ccc(N(CCCC)S(=O)(=O)c2ccccc2)cc1. The largest absolute Gasteiger partial charge is 0.266 e. The third-order valence-electron chi connectivity index (χ3n) is 4.09. The van der Waals surface area contributed by atoms with Gasteiger partial charge in [-0.2, -0.15) is 0 Å². The fourth-order valence-electron chi connectivity index (χ4n) is 2.62. The number of unbranched alkanes of at least 4 members (excludes halogenated alkanes) is 2. The van der Waals surface area contributed by atoms with Crippen LogP contribution in [-0.4, -0.2) is 15.0 Å². The van der Waals surface area contributed by atoms with Crippen LogP contribution in [0.15, 0.2) is 59.5 Å². The van der Waals surface area contributed by atoms with Crippen molar-refractivity contribution in [3.05, 3.63) is 60.2 Å². The lowest BCUT2D eigenvalue weighted by atomic mass is 10.1. The van der Waals surface area contributed by atoms with E-state index in [1.807, 2.05) is 30.3 Å². The summed E-state index contributed by atoms with van der Waals surface area (Å²) in [4.78, 5) is 0.344. The highest BCUT2D eigenvalue weighted by atomic mass is 32.2. The molecule has 2 rings (SSSR count). The second kappa shape index (κ2) is 8.88. The average molecular weight is 346 g/mol. The summed E-state index contributed by atoms with van der Waals surface area (Å²) in [6.45, 7) is 4.75. The summed E-state index contributed by atoms with van der Waals surface area (Å²) in [7, 11) is -3.52. The molecule has 130 valence electrons. The lowest BCUT2D eigenvalue weighted by Crippen LogP contribution is -2.32. The van der Waals surface area contributed by atoms with Crippen molar-refractivity contribution in [2.45, 2.75) is 50.8 Å². The predicted molar refractivity (Wildman–Crippen MR) is 101 cm³/mol. The monoisotopic (exact) mass is 345 g/mol. The van der Waals surface area contributed by atoms with Crippen molar-refractivity contribution in [2.24, 2.45) is 0 Å². The molecule has 0 aromatic heterocycles. The Balaban J connectivity index is 2.31. The summed E-state index contributed by atoms with van der Waals surface area (Å²) in [5.74, 6) is 0. The van der Waals surface area contributed by atoms with E-state index in [2.05, 4.69) is 13.8 Å². The molecule has 2 aromatic carbocycles. The smallest absolute Gasteiger partial charge is 0.264 e. The third-order valence-corrected chi connectivity index (χ3v) is 5.93. The van der Waals surface area contributed by atoms with Crippen molar-refractivity contribution in [1.29, 1.82) is 0 Å². The first kappa shape index (κ1) is 18.5. The average Bonchev–Trinajstić information content (AvgIpc) is 2.62. The van der Waals surface area contributed by atoms with E-state index in [-0.39, 0.29) is 0 Å². The van der Waals surface area contributed by atoms with Gasteiger partial charge in [0.05, 0.1) is 10.6 Å². The molecule has 3 nitrogen and oxygen atoms in total. The number of nitrogens with zero attached hydrogens (tertiary/aromatic N) is 1. The van der Waals surface area contributed by atoms with E-state index in [4.69, 9.17) is 0 Å². The predicted octanol–water partition coefficient (Wildman–Crippen LogP) is 5.02. The van der Waals surface area contributed by atoms with Crippen LogP contribution in [0.1, 0.15) is 45.1 Å². The van der Waals surface area contributed by atoms with Crippen molar-refractivity contribution in [1.82, 2.24) is 0 Å². The first-order valence-corrected chi connectivity index (χ1v) is 10.2. The van der Waals surface area contributed by atoms with Gasteiger partial charge in [-0.05, 0) is 49.1 Å². The van der Waals surface area contributed by atoms with Crippen LogP contribution < -0.4 is 4.31 Å². The third kappa shape index (κ3) is 4.60. The van der Waals surface area contributed by atoms with E-state index in [0.29, 0.717) is 11.4 Å². The Hall–Kier alpha value is -1.81. The summed E-state index contributed by atoms with van der Waals surface area (Å²) < 4.78 is 27.6. The van der Waals surface area contributed by atoms with Gasteiger partial charge in [0.25, 0.3) is 10.0 Å². The summed E-state index contributed by atoms with van der Waals surface area (Å²) in [5.41, 5.74) is 2.00. The molecular formula is C20H27NO2S. The van der Waals surface area contributed by atoms with Gasteiger partial charge >= 0.3 is 0 Å². The van der Waals surface area contributed by atoms with Gasteiger partial charge in [-0.25, -0.2) is 8.42 Å². The summed E-state index contributed by atoms with van der Waals surface area (Å²) in [6.07, 6.45) is 5.14. The van der Waals surface area contributed by atoms with Crippen molar-refractivity contribution in [3.8, 4) is 0 Å². The first-order chi connectivity index (χ1) is 11.6. The van der Waals surface area contributed by atoms with Crippen molar-refractivity contribution in [2.75, 3.05) is 10.8 Å². The van der Waals surface area contributed by atoms with Gasteiger partial charge in [0.1, 0.15) is 0 Å². The second-order valence-electron chi connectivity index (χ2n) is 6.01. The molecule has 0 aliphatic heterocycles. The van der Waals surface area contributed by atoms with E-state index < -0.39 is 10.0 Å². The summed E-state index contributed by atoms with van der Waals surface area (Å²) in [5, 5.41) is 0. The number of aryl methyl sites for hydroxylation is 1. The molecule has 0 saturated heterocycles. The molecule has 24 heavy (non-hydrogen) atoms.